The minimum atomic E-state index is -1.39. The summed E-state index contributed by atoms with van der Waals surface area (Å²) in [4.78, 5) is 50.1. The van der Waals surface area contributed by atoms with Gasteiger partial charge in [-0.05, 0) is 47.1 Å². The molecule has 0 saturated carbocycles. The Morgan fingerprint density at radius 1 is 0.971 bits per heavy atom. The van der Waals surface area contributed by atoms with Gasteiger partial charge in [0.15, 0.2) is 18.5 Å². The van der Waals surface area contributed by atoms with Gasteiger partial charge in [-0.2, -0.15) is 0 Å². The summed E-state index contributed by atoms with van der Waals surface area (Å²) in [5, 5.41) is 2.62. The van der Waals surface area contributed by atoms with E-state index >= 15 is 0 Å². The Balaban J connectivity index is 2.32. The van der Waals surface area contributed by atoms with Gasteiger partial charge in [-0.3, -0.25) is 19.2 Å². The van der Waals surface area contributed by atoms with Gasteiger partial charge in [0.1, 0.15) is 12.6 Å². The van der Waals surface area contributed by atoms with Crippen LogP contribution in [0.3, 0.4) is 0 Å². The second kappa shape index (κ2) is 11.1. The SMILES string of the molecule is CC(=O)N[C@H]1[C@@H](OCc2ccccc2)O[C@H](COC(=O)C(C)(C)C)C(=O)[C@@H]1OC(=O)C(C)(C)C. The van der Waals surface area contributed by atoms with Crippen LogP contribution in [0.25, 0.3) is 0 Å². The molecule has 1 fully saturated rings. The quantitative estimate of drug-likeness (QED) is 0.596. The Morgan fingerprint density at radius 3 is 2.09 bits per heavy atom. The van der Waals surface area contributed by atoms with E-state index in [9.17, 15) is 19.2 Å². The molecule has 1 heterocycles. The van der Waals surface area contributed by atoms with Gasteiger partial charge in [-0.15, -0.1) is 0 Å². The van der Waals surface area contributed by atoms with Crippen molar-refractivity contribution in [2.75, 3.05) is 6.61 Å². The van der Waals surface area contributed by atoms with E-state index < -0.39 is 59.0 Å². The van der Waals surface area contributed by atoms with E-state index in [0.717, 1.165) is 5.56 Å². The number of Topliss-reactive ketones (excluding diaryl/α,β-unsaturated/α-hetero) is 1. The van der Waals surface area contributed by atoms with E-state index in [4.69, 9.17) is 18.9 Å². The molecule has 0 radical (unpaired) electrons. The topological polar surface area (TPSA) is 117 Å². The molecule has 1 aliphatic heterocycles. The van der Waals surface area contributed by atoms with Crippen LogP contribution in [0.1, 0.15) is 54.0 Å². The van der Waals surface area contributed by atoms with Gasteiger partial charge in [-0.1, -0.05) is 30.3 Å². The number of benzene rings is 1. The number of hydrogen-bond donors (Lipinski definition) is 1. The summed E-state index contributed by atoms with van der Waals surface area (Å²) in [7, 11) is 0. The van der Waals surface area contributed by atoms with E-state index in [2.05, 4.69) is 5.32 Å². The van der Waals surface area contributed by atoms with E-state index in [1.165, 1.54) is 6.92 Å². The fraction of sp³-hybridized carbons (Fsp3) is 0.600. The third-order valence-electron chi connectivity index (χ3n) is 4.97. The van der Waals surface area contributed by atoms with Crippen molar-refractivity contribution in [1.29, 1.82) is 0 Å². The maximum atomic E-state index is 13.3. The zero-order valence-electron chi connectivity index (χ0n) is 20.9. The lowest BCUT2D eigenvalue weighted by atomic mass is 9.94. The molecule has 0 bridgehead atoms. The number of ether oxygens (including phenoxy) is 4. The van der Waals surface area contributed by atoms with Crippen molar-refractivity contribution in [2.45, 2.75) is 79.6 Å². The average molecular weight is 478 g/mol. The molecule has 9 heteroatoms. The zero-order valence-corrected chi connectivity index (χ0v) is 20.9. The molecule has 9 nitrogen and oxygen atoms in total. The van der Waals surface area contributed by atoms with Crippen molar-refractivity contribution in [3.05, 3.63) is 35.9 Å². The molecule has 1 aromatic carbocycles. The normalized spacial score (nSPS) is 23.2. The first-order chi connectivity index (χ1) is 15.7. The first-order valence-corrected chi connectivity index (χ1v) is 11.2. The molecule has 0 spiro atoms. The molecule has 1 amide bonds. The molecular formula is C25H35NO8. The van der Waals surface area contributed by atoms with Crippen LogP contribution in [-0.2, 0) is 44.7 Å². The van der Waals surface area contributed by atoms with E-state index in [0.29, 0.717) is 0 Å². The predicted molar refractivity (Wildman–Crippen MR) is 122 cm³/mol. The molecule has 1 aliphatic rings. The summed E-state index contributed by atoms with van der Waals surface area (Å²) in [5.41, 5.74) is -0.838. The van der Waals surface area contributed by atoms with Crippen molar-refractivity contribution in [3.8, 4) is 0 Å². The molecule has 34 heavy (non-hydrogen) atoms. The minimum Gasteiger partial charge on any atom is -0.462 e. The number of amides is 1. The summed E-state index contributed by atoms with van der Waals surface area (Å²) in [6.45, 7) is 11.0. The lowest BCUT2D eigenvalue weighted by Crippen LogP contribution is -2.64. The molecule has 2 rings (SSSR count). The maximum absolute atomic E-state index is 13.3. The maximum Gasteiger partial charge on any atom is 0.312 e. The molecular weight excluding hydrogens is 442 g/mol. The summed E-state index contributed by atoms with van der Waals surface area (Å²) in [6.07, 6.45) is -3.77. The fourth-order valence-corrected chi connectivity index (χ4v) is 3.00. The van der Waals surface area contributed by atoms with Crippen LogP contribution in [-0.4, -0.2) is 54.8 Å². The Bertz CT molecular complexity index is 884. The first kappa shape index (κ1) is 27.5. The van der Waals surface area contributed by atoms with Crippen LogP contribution < -0.4 is 5.32 Å². The number of hydrogen-bond acceptors (Lipinski definition) is 8. The second-order valence-electron chi connectivity index (χ2n) is 10.3. The third kappa shape index (κ3) is 7.63. The monoisotopic (exact) mass is 477 g/mol. The molecule has 4 atom stereocenters. The highest BCUT2D eigenvalue weighted by Crippen LogP contribution is 2.26. The van der Waals surface area contributed by atoms with Gasteiger partial charge in [-0.25, -0.2) is 0 Å². The van der Waals surface area contributed by atoms with Crippen LogP contribution in [0.15, 0.2) is 30.3 Å². The fourth-order valence-electron chi connectivity index (χ4n) is 3.00. The molecule has 0 aromatic heterocycles. The average Bonchev–Trinajstić information content (AvgIpc) is 2.73. The Kier molecular flexibility index (Phi) is 8.96. The summed E-state index contributed by atoms with van der Waals surface area (Å²) in [5.74, 6) is -2.23. The van der Waals surface area contributed by atoms with Crippen molar-refractivity contribution < 1.29 is 38.1 Å². The van der Waals surface area contributed by atoms with Crippen molar-refractivity contribution >= 4 is 23.6 Å². The largest absolute Gasteiger partial charge is 0.462 e. The van der Waals surface area contributed by atoms with Gasteiger partial charge in [0.25, 0.3) is 0 Å². The van der Waals surface area contributed by atoms with Gasteiger partial charge in [0.2, 0.25) is 11.7 Å². The van der Waals surface area contributed by atoms with E-state index in [1.807, 2.05) is 30.3 Å². The minimum absolute atomic E-state index is 0.115. The molecule has 0 unspecified atom stereocenters. The highest BCUT2D eigenvalue weighted by Gasteiger charge is 2.50. The number of carbonyl (C=O) groups excluding carboxylic acids is 4. The van der Waals surface area contributed by atoms with Crippen LogP contribution in [0.5, 0.6) is 0 Å². The second-order valence-corrected chi connectivity index (χ2v) is 10.3. The van der Waals surface area contributed by atoms with Crippen LogP contribution in [0.2, 0.25) is 0 Å². The lowest BCUT2D eigenvalue weighted by Gasteiger charge is -2.40. The molecule has 1 aromatic rings. The molecule has 1 N–H and O–H groups in total. The smallest absolute Gasteiger partial charge is 0.312 e. The first-order valence-electron chi connectivity index (χ1n) is 11.2. The zero-order chi connectivity index (χ0) is 25.7. The number of rotatable bonds is 7. The van der Waals surface area contributed by atoms with Crippen LogP contribution in [0.4, 0.5) is 0 Å². The highest BCUT2D eigenvalue weighted by atomic mass is 16.7. The standard InChI is InChI=1S/C25H35NO8/c1-15(27)26-18-20(34-23(30)25(5,6)7)19(28)17(14-32-22(29)24(2,3)4)33-21(18)31-13-16-11-9-8-10-12-16/h8-12,17-18,20-21H,13-14H2,1-7H3,(H,26,27)/t17-,18-,20-,21+/m1/s1. The number of esters is 2. The predicted octanol–water partition coefficient (Wildman–Crippen LogP) is 2.55. The lowest BCUT2D eigenvalue weighted by molar-refractivity contribution is -0.239. The third-order valence-corrected chi connectivity index (χ3v) is 4.97. The molecule has 0 aliphatic carbocycles. The van der Waals surface area contributed by atoms with Crippen molar-refractivity contribution in [1.82, 2.24) is 5.32 Å². The Morgan fingerprint density at radius 2 is 1.56 bits per heavy atom. The summed E-state index contributed by atoms with van der Waals surface area (Å²) < 4.78 is 22.6. The van der Waals surface area contributed by atoms with E-state index in [-0.39, 0.29) is 13.2 Å². The van der Waals surface area contributed by atoms with Crippen LogP contribution >= 0.6 is 0 Å². The summed E-state index contributed by atoms with van der Waals surface area (Å²) in [6, 6.07) is 8.16. The van der Waals surface area contributed by atoms with Crippen molar-refractivity contribution in [2.24, 2.45) is 10.8 Å². The van der Waals surface area contributed by atoms with Gasteiger partial charge in [0, 0.05) is 6.92 Å². The van der Waals surface area contributed by atoms with Crippen LogP contribution in [0, 0.1) is 10.8 Å². The number of nitrogens with one attached hydrogen (secondary N) is 1. The summed E-state index contributed by atoms with van der Waals surface area (Å²) >= 11 is 0. The van der Waals surface area contributed by atoms with E-state index in [1.54, 1.807) is 41.5 Å². The molecule has 188 valence electrons. The number of ketones is 1. The number of carbonyl (C=O) groups is 4. The highest BCUT2D eigenvalue weighted by molar-refractivity contribution is 5.92. The van der Waals surface area contributed by atoms with Gasteiger partial charge in [0.05, 0.1) is 17.4 Å². The van der Waals surface area contributed by atoms with Crippen molar-refractivity contribution in [3.63, 3.8) is 0 Å². The van der Waals surface area contributed by atoms with Gasteiger partial charge >= 0.3 is 11.9 Å². The Labute approximate surface area is 200 Å². The Hall–Kier alpha value is -2.78. The van der Waals surface area contributed by atoms with Gasteiger partial charge < -0.3 is 24.3 Å². The molecule has 1 saturated heterocycles.